The van der Waals surface area contributed by atoms with E-state index < -0.39 is 18.1 Å². The molecule has 4 N–H and O–H groups in total. The van der Waals surface area contributed by atoms with E-state index in [1.54, 1.807) is 41.5 Å². The SMILES string of the molecule is Nc1ncccc1-c1nc2ccc(-n3cccn3)nc2n1-c1ccc2c(c1)C[C@H](F)[C@@H]2NC(=O)c1ccc(O)c(C=O)c1. The highest BCUT2D eigenvalue weighted by Crippen LogP contribution is 2.37. The maximum absolute atomic E-state index is 15.4. The number of hydrogen-bond donors (Lipinski definition) is 3. The molecule has 0 radical (unpaired) electrons. The quantitative estimate of drug-likeness (QED) is 0.251. The summed E-state index contributed by atoms with van der Waals surface area (Å²) in [7, 11) is 0. The number of nitrogens with two attached hydrogens (primary N) is 1. The molecule has 1 aliphatic rings. The number of fused-ring (bicyclic) bond motifs is 2. The highest BCUT2D eigenvalue weighted by molar-refractivity contribution is 5.97. The summed E-state index contributed by atoms with van der Waals surface area (Å²) in [6, 6.07) is 17.5. The van der Waals surface area contributed by atoms with Gasteiger partial charge >= 0.3 is 0 Å². The molecule has 7 rings (SSSR count). The lowest BCUT2D eigenvalue weighted by atomic mass is 10.1. The summed E-state index contributed by atoms with van der Waals surface area (Å²) in [6.45, 7) is 0. The van der Waals surface area contributed by atoms with E-state index in [1.807, 2.05) is 34.9 Å². The summed E-state index contributed by atoms with van der Waals surface area (Å²) in [4.78, 5) is 38.1. The van der Waals surface area contributed by atoms with Gasteiger partial charge in [0.05, 0.1) is 17.2 Å². The molecule has 11 nitrogen and oxygen atoms in total. The van der Waals surface area contributed by atoms with E-state index in [0.29, 0.717) is 57.3 Å². The van der Waals surface area contributed by atoms with Crippen LogP contribution in [0.1, 0.15) is 37.9 Å². The van der Waals surface area contributed by atoms with Crippen molar-refractivity contribution in [2.75, 3.05) is 5.73 Å². The minimum atomic E-state index is -1.38. The van der Waals surface area contributed by atoms with Gasteiger partial charge in [0.2, 0.25) is 0 Å². The number of rotatable bonds is 6. The standard InChI is InChI=1S/C31H23FN8O3/c32-23-15-18-14-20(5-6-21(18)27(23)38-31(43)17-4-8-25(42)19(13-17)16-41)40-29(22-3-1-10-34-28(22)33)36-24-7-9-26(37-30(24)40)39-12-2-11-35-39/h1-14,16,23,27,42H,15H2,(H2,33,34)(H,38,43)/t23-,27+/m0/s1. The summed E-state index contributed by atoms with van der Waals surface area (Å²) >= 11 is 0. The Bertz CT molecular complexity index is 2040. The molecule has 2 atom stereocenters. The number of halogens is 1. The van der Waals surface area contributed by atoms with Gasteiger partial charge in [-0.3, -0.25) is 14.2 Å². The Hall–Kier alpha value is -5.91. The molecule has 1 amide bonds. The molecule has 12 heteroatoms. The Morgan fingerprint density at radius 1 is 1.07 bits per heavy atom. The molecule has 4 heterocycles. The zero-order chi connectivity index (χ0) is 29.7. The van der Waals surface area contributed by atoms with E-state index >= 15 is 4.39 Å². The Morgan fingerprint density at radius 3 is 2.74 bits per heavy atom. The van der Waals surface area contributed by atoms with Crippen LogP contribution in [0, 0.1) is 0 Å². The average molecular weight is 575 g/mol. The zero-order valence-corrected chi connectivity index (χ0v) is 22.4. The second-order valence-electron chi connectivity index (χ2n) is 10.1. The van der Waals surface area contributed by atoms with E-state index in [0.717, 1.165) is 0 Å². The number of carbonyl (C=O) groups excluding carboxylic acids is 2. The summed E-state index contributed by atoms with van der Waals surface area (Å²) in [5, 5.41) is 16.8. The molecule has 4 aromatic heterocycles. The monoisotopic (exact) mass is 574 g/mol. The lowest BCUT2D eigenvalue weighted by Crippen LogP contribution is -2.32. The van der Waals surface area contributed by atoms with Crippen molar-refractivity contribution in [2.24, 2.45) is 0 Å². The number of amides is 1. The maximum atomic E-state index is 15.4. The van der Waals surface area contributed by atoms with Gasteiger partial charge in [-0.05, 0) is 71.8 Å². The number of aldehydes is 1. The van der Waals surface area contributed by atoms with Crippen molar-refractivity contribution >= 4 is 29.2 Å². The van der Waals surface area contributed by atoms with Crippen LogP contribution in [-0.4, -0.2) is 52.8 Å². The van der Waals surface area contributed by atoms with Crippen LogP contribution in [0.3, 0.4) is 0 Å². The zero-order valence-electron chi connectivity index (χ0n) is 22.4. The van der Waals surface area contributed by atoms with Crippen molar-refractivity contribution in [3.8, 4) is 28.6 Å². The summed E-state index contributed by atoms with van der Waals surface area (Å²) in [5.41, 5.74) is 10.2. The first kappa shape index (κ1) is 26.0. The second kappa shape index (κ2) is 10.2. The van der Waals surface area contributed by atoms with E-state index in [9.17, 15) is 14.7 Å². The first-order valence-electron chi connectivity index (χ1n) is 13.4. The summed E-state index contributed by atoms with van der Waals surface area (Å²) < 4.78 is 18.9. The molecule has 0 bridgehead atoms. The second-order valence-corrected chi connectivity index (χ2v) is 10.1. The fraction of sp³-hybridized carbons (Fsp3) is 0.0968. The summed E-state index contributed by atoms with van der Waals surface area (Å²) in [6.07, 6.45) is 4.20. The van der Waals surface area contributed by atoms with Crippen molar-refractivity contribution in [1.82, 2.24) is 34.6 Å². The number of phenols is 1. The molecule has 43 heavy (non-hydrogen) atoms. The van der Waals surface area contributed by atoms with E-state index in [2.05, 4.69) is 15.4 Å². The Morgan fingerprint density at radius 2 is 1.95 bits per heavy atom. The van der Waals surface area contributed by atoms with Gasteiger partial charge in [-0.2, -0.15) is 5.10 Å². The first-order valence-corrected chi connectivity index (χ1v) is 13.4. The molecular formula is C31H23FN8O3. The third-order valence-electron chi connectivity index (χ3n) is 7.51. The molecule has 0 unspecified atom stereocenters. The van der Waals surface area contributed by atoms with Gasteiger partial charge in [-0.25, -0.2) is 24.0 Å². The van der Waals surface area contributed by atoms with E-state index in [-0.39, 0.29) is 23.3 Å². The molecular weight excluding hydrogens is 551 g/mol. The van der Waals surface area contributed by atoms with Crippen LogP contribution in [0.4, 0.5) is 10.2 Å². The number of anilines is 1. The fourth-order valence-corrected chi connectivity index (χ4v) is 5.43. The van der Waals surface area contributed by atoms with Crippen LogP contribution in [0.5, 0.6) is 5.75 Å². The van der Waals surface area contributed by atoms with Crippen LogP contribution in [0.2, 0.25) is 0 Å². The van der Waals surface area contributed by atoms with Crippen molar-refractivity contribution in [1.29, 1.82) is 0 Å². The normalized spacial score (nSPS) is 15.8. The Labute approximate surface area is 243 Å². The third kappa shape index (κ3) is 4.45. The van der Waals surface area contributed by atoms with E-state index in [1.165, 1.54) is 18.2 Å². The summed E-state index contributed by atoms with van der Waals surface area (Å²) in [5.74, 6) is 0.607. The highest BCUT2D eigenvalue weighted by Gasteiger charge is 2.34. The fourth-order valence-electron chi connectivity index (χ4n) is 5.43. The van der Waals surface area contributed by atoms with Crippen LogP contribution in [-0.2, 0) is 6.42 Å². The number of carbonyl (C=O) groups is 2. The van der Waals surface area contributed by atoms with Crippen molar-refractivity contribution < 1.29 is 19.1 Å². The number of phenolic OH excluding ortho intramolecular Hbond substituents is 1. The van der Waals surface area contributed by atoms with Gasteiger partial charge in [0.25, 0.3) is 5.91 Å². The number of nitrogens with zero attached hydrogens (tertiary/aromatic N) is 6. The van der Waals surface area contributed by atoms with Gasteiger partial charge in [-0.15, -0.1) is 0 Å². The number of nitrogens with one attached hydrogen (secondary N) is 1. The maximum Gasteiger partial charge on any atom is 0.251 e. The number of hydrogen-bond acceptors (Lipinski definition) is 8. The molecule has 1 aliphatic carbocycles. The Balaban J connectivity index is 1.31. The number of benzene rings is 2. The number of pyridine rings is 2. The topological polar surface area (TPSA) is 154 Å². The van der Waals surface area contributed by atoms with Gasteiger partial charge in [0, 0.05) is 36.3 Å². The smallest absolute Gasteiger partial charge is 0.251 e. The highest BCUT2D eigenvalue weighted by atomic mass is 19.1. The predicted molar refractivity (Wildman–Crippen MR) is 156 cm³/mol. The molecule has 6 aromatic rings. The van der Waals surface area contributed by atoms with Crippen molar-refractivity contribution in [3.05, 3.63) is 108 Å². The van der Waals surface area contributed by atoms with E-state index in [4.69, 9.17) is 15.7 Å². The molecule has 2 aromatic carbocycles. The van der Waals surface area contributed by atoms with Gasteiger partial charge in [0.15, 0.2) is 23.6 Å². The van der Waals surface area contributed by atoms with Gasteiger partial charge < -0.3 is 16.2 Å². The molecule has 212 valence electrons. The average Bonchev–Trinajstić information content (AvgIpc) is 3.75. The molecule has 0 spiro atoms. The van der Waals surface area contributed by atoms with Gasteiger partial charge in [0.1, 0.15) is 23.3 Å². The number of aromatic hydroxyl groups is 1. The molecule has 0 aliphatic heterocycles. The number of imidazole rings is 1. The Kier molecular flexibility index (Phi) is 6.16. The number of aromatic nitrogens is 6. The minimum Gasteiger partial charge on any atom is -0.507 e. The molecule has 0 saturated carbocycles. The lowest BCUT2D eigenvalue weighted by Gasteiger charge is -2.17. The van der Waals surface area contributed by atoms with Crippen LogP contribution < -0.4 is 11.1 Å². The number of alkyl halides is 1. The largest absolute Gasteiger partial charge is 0.507 e. The van der Waals surface area contributed by atoms with Crippen molar-refractivity contribution in [3.63, 3.8) is 0 Å². The minimum absolute atomic E-state index is 0.0251. The van der Waals surface area contributed by atoms with Crippen LogP contribution in [0.15, 0.2) is 85.3 Å². The first-order chi connectivity index (χ1) is 20.9. The van der Waals surface area contributed by atoms with Crippen LogP contribution >= 0.6 is 0 Å². The predicted octanol–water partition coefficient (Wildman–Crippen LogP) is 4.13. The van der Waals surface area contributed by atoms with Crippen LogP contribution in [0.25, 0.3) is 34.1 Å². The molecule has 0 saturated heterocycles. The molecule has 0 fully saturated rings. The van der Waals surface area contributed by atoms with Gasteiger partial charge in [-0.1, -0.05) is 6.07 Å². The lowest BCUT2D eigenvalue weighted by molar-refractivity contribution is 0.0915. The third-order valence-corrected chi connectivity index (χ3v) is 7.51. The number of nitrogen functional groups attached to an aromatic ring is 1. The van der Waals surface area contributed by atoms with Crippen molar-refractivity contribution in [2.45, 2.75) is 18.6 Å².